The van der Waals surface area contributed by atoms with E-state index in [1.54, 1.807) is 19.1 Å². The molecule has 4 aromatic heterocycles. The maximum absolute atomic E-state index is 15.3. The molecule has 0 fully saturated rings. The zero-order valence-corrected chi connectivity index (χ0v) is 17.7. The lowest BCUT2D eigenvalue weighted by Gasteiger charge is -2.13. The van der Waals surface area contributed by atoms with E-state index in [1.807, 2.05) is 0 Å². The molecule has 9 nitrogen and oxygen atoms in total. The molecule has 0 radical (unpaired) electrons. The molecule has 0 bridgehead atoms. The largest absolute Gasteiger partial charge is 0.496 e. The van der Waals surface area contributed by atoms with Crippen LogP contribution in [0, 0.1) is 19.6 Å². The molecule has 1 N–H and O–H groups in total. The second-order valence-electron chi connectivity index (χ2n) is 7.37. The number of aromatic amines is 1. The third-order valence-corrected chi connectivity index (χ3v) is 5.59. The van der Waals surface area contributed by atoms with E-state index in [4.69, 9.17) is 17.7 Å². The smallest absolute Gasteiger partial charge is 0.333 e. The molecule has 0 aliphatic rings. The Morgan fingerprint density at radius 1 is 1.18 bits per heavy atom. The standard InChI is InChI=1S/C23H21FN6O3/c1-11-20(12(2)28-27-11)14-6-13-16(7-18(14)32-4)26-9-17-21(13)30(23(31)29(17)3)22-15(24)8-25-10-19(22)33-5/h6-10H,1-5H3,(H,27,28)/i1D3,5D3. The van der Waals surface area contributed by atoms with E-state index >= 15 is 4.39 Å². The second-order valence-corrected chi connectivity index (χ2v) is 7.37. The van der Waals surface area contributed by atoms with Crippen LogP contribution in [0.4, 0.5) is 4.39 Å². The quantitative estimate of drug-likeness (QED) is 0.447. The third kappa shape index (κ3) is 2.90. The van der Waals surface area contributed by atoms with Crippen molar-refractivity contribution in [2.75, 3.05) is 14.1 Å². The van der Waals surface area contributed by atoms with Gasteiger partial charge in [0.1, 0.15) is 11.4 Å². The average molecular weight is 454 g/mol. The molecule has 0 aliphatic carbocycles. The van der Waals surface area contributed by atoms with Crippen molar-refractivity contribution in [3.8, 4) is 28.3 Å². The Bertz CT molecular complexity index is 1820. The Hall–Kier alpha value is -4.21. The van der Waals surface area contributed by atoms with Gasteiger partial charge in [-0.1, -0.05) is 0 Å². The van der Waals surface area contributed by atoms with Crippen molar-refractivity contribution in [1.29, 1.82) is 0 Å². The topological polar surface area (TPSA) is 99.8 Å². The van der Waals surface area contributed by atoms with Gasteiger partial charge in [0.25, 0.3) is 0 Å². The summed E-state index contributed by atoms with van der Waals surface area (Å²) in [6, 6.07) is 3.14. The molecule has 0 unspecified atom stereocenters. The minimum absolute atomic E-state index is 0.114. The zero-order chi connectivity index (χ0) is 28.4. The van der Waals surface area contributed by atoms with Gasteiger partial charge in [0.05, 0.1) is 59.1 Å². The Labute approximate surface area is 195 Å². The van der Waals surface area contributed by atoms with Gasteiger partial charge in [0, 0.05) is 39.4 Å². The number of aromatic nitrogens is 6. The van der Waals surface area contributed by atoms with Gasteiger partial charge in [-0.25, -0.2) is 9.18 Å². The summed E-state index contributed by atoms with van der Waals surface area (Å²) in [5.74, 6) is -1.19. The first kappa shape index (κ1) is 14.8. The van der Waals surface area contributed by atoms with Gasteiger partial charge in [0.15, 0.2) is 11.6 Å². The fourth-order valence-electron chi connectivity index (χ4n) is 4.06. The lowest BCUT2D eigenvalue weighted by molar-refractivity contribution is 0.406. The summed E-state index contributed by atoms with van der Waals surface area (Å²) >= 11 is 0. The number of methoxy groups -OCH3 is 2. The van der Waals surface area contributed by atoms with Gasteiger partial charge in [-0.3, -0.25) is 24.2 Å². The van der Waals surface area contributed by atoms with Crippen molar-refractivity contribution in [1.82, 2.24) is 29.3 Å². The predicted octanol–water partition coefficient (Wildman–Crippen LogP) is 3.44. The molecule has 0 amide bonds. The number of ether oxygens (including phenoxy) is 2. The Morgan fingerprint density at radius 2 is 2.03 bits per heavy atom. The molecule has 0 aliphatic heterocycles. The van der Waals surface area contributed by atoms with Crippen LogP contribution in [0.1, 0.15) is 19.6 Å². The number of nitrogens with zero attached hydrogens (tertiary/aromatic N) is 5. The molecule has 0 saturated heterocycles. The van der Waals surface area contributed by atoms with Crippen molar-refractivity contribution in [2.24, 2.45) is 7.05 Å². The van der Waals surface area contributed by atoms with E-state index in [0.29, 0.717) is 27.7 Å². The molecule has 10 heteroatoms. The summed E-state index contributed by atoms with van der Waals surface area (Å²) in [5, 5.41) is 6.97. The number of rotatable bonds is 4. The predicted molar refractivity (Wildman–Crippen MR) is 122 cm³/mol. The van der Waals surface area contributed by atoms with Gasteiger partial charge in [-0.15, -0.1) is 0 Å². The van der Waals surface area contributed by atoms with E-state index in [0.717, 1.165) is 17.0 Å². The Morgan fingerprint density at radius 3 is 2.79 bits per heavy atom. The first-order chi connectivity index (χ1) is 18.2. The minimum atomic E-state index is -2.95. The highest BCUT2D eigenvalue weighted by Crippen LogP contribution is 2.39. The number of hydrogen-bond donors (Lipinski definition) is 1. The van der Waals surface area contributed by atoms with Crippen LogP contribution in [0.5, 0.6) is 11.5 Å². The number of H-pyrrole nitrogens is 1. The molecular weight excluding hydrogens is 427 g/mol. The Balaban J connectivity index is 1.94. The summed E-state index contributed by atoms with van der Waals surface area (Å²) in [4.78, 5) is 21.6. The number of imidazole rings is 1. The van der Waals surface area contributed by atoms with E-state index in [1.165, 1.54) is 24.9 Å². The van der Waals surface area contributed by atoms with Crippen molar-refractivity contribution >= 4 is 21.9 Å². The SMILES string of the molecule is [2H]C([2H])([2H])Oc1cncc(F)c1-n1c(=O)n(C)c2cnc3cc(OC)c(-c4c(C)n[nH]c4C([2H])([2H])[2H])cc3c21. The van der Waals surface area contributed by atoms with Crippen LogP contribution in [0.25, 0.3) is 38.8 Å². The number of pyridine rings is 2. The molecule has 0 saturated carbocycles. The molecule has 168 valence electrons. The van der Waals surface area contributed by atoms with Crippen LogP contribution in [-0.4, -0.2) is 43.4 Å². The number of hydrogen-bond acceptors (Lipinski definition) is 6. The van der Waals surface area contributed by atoms with Crippen molar-refractivity contribution in [3.05, 3.63) is 58.4 Å². The van der Waals surface area contributed by atoms with Gasteiger partial charge in [0.2, 0.25) is 0 Å². The average Bonchev–Trinajstić information content (AvgIpc) is 3.35. The normalized spacial score (nSPS) is 14.9. The number of aryl methyl sites for hydroxylation is 3. The number of nitrogens with one attached hydrogen (secondary N) is 1. The number of benzene rings is 1. The van der Waals surface area contributed by atoms with Crippen LogP contribution < -0.4 is 15.2 Å². The highest BCUT2D eigenvalue weighted by atomic mass is 19.1. The fraction of sp³-hybridized carbons (Fsp3) is 0.217. The summed E-state index contributed by atoms with van der Waals surface area (Å²) in [5.41, 5.74) is 0.532. The molecule has 33 heavy (non-hydrogen) atoms. The molecule has 4 heterocycles. The second kappa shape index (κ2) is 7.44. The van der Waals surface area contributed by atoms with E-state index in [-0.39, 0.29) is 22.5 Å². The molecule has 5 aromatic rings. The van der Waals surface area contributed by atoms with Crippen molar-refractivity contribution < 1.29 is 22.1 Å². The summed E-state index contributed by atoms with van der Waals surface area (Å²) < 4.78 is 74.3. The first-order valence-corrected chi connectivity index (χ1v) is 9.70. The van der Waals surface area contributed by atoms with Crippen LogP contribution >= 0.6 is 0 Å². The number of fused-ring (bicyclic) bond motifs is 3. The van der Waals surface area contributed by atoms with E-state index in [9.17, 15) is 4.79 Å². The third-order valence-electron chi connectivity index (χ3n) is 5.59. The first-order valence-electron chi connectivity index (χ1n) is 12.7. The highest BCUT2D eigenvalue weighted by Gasteiger charge is 2.24. The van der Waals surface area contributed by atoms with E-state index in [2.05, 4.69) is 20.2 Å². The Kier molecular flexibility index (Phi) is 3.33. The van der Waals surface area contributed by atoms with Crippen LogP contribution in [-0.2, 0) is 7.05 Å². The lowest BCUT2D eigenvalue weighted by atomic mass is 9.99. The lowest BCUT2D eigenvalue weighted by Crippen LogP contribution is -2.22. The highest BCUT2D eigenvalue weighted by molar-refractivity contribution is 6.06. The maximum Gasteiger partial charge on any atom is 0.333 e. The van der Waals surface area contributed by atoms with Gasteiger partial charge in [-0.05, 0) is 19.8 Å². The molecular formula is C23H21FN6O3. The monoisotopic (exact) mass is 454 g/mol. The van der Waals surface area contributed by atoms with Crippen molar-refractivity contribution in [2.45, 2.75) is 13.8 Å². The number of halogens is 1. The molecule has 0 spiro atoms. The van der Waals surface area contributed by atoms with E-state index < -0.39 is 36.8 Å². The molecule has 0 atom stereocenters. The van der Waals surface area contributed by atoms with Gasteiger partial charge < -0.3 is 9.47 Å². The minimum Gasteiger partial charge on any atom is -0.496 e. The van der Waals surface area contributed by atoms with Gasteiger partial charge >= 0.3 is 5.69 Å². The van der Waals surface area contributed by atoms with Crippen LogP contribution in [0.2, 0.25) is 0 Å². The summed E-state index contributed by atoms with van der Waals surface area (Å²) in [6.45, 7) is -0.899. The molecule has 1 aromatic carbocycles. The van der Waals surface area contributed by atoms with Crippen molar-refractivity contribution in [3.63, 3.8) is 0 Å². The zero-order valence-electron chi connectivity index (χ0n) is 23.7. The van der Waals surface area contributed by atoms with Crippen LogP contribution in [0.3, 0.4) is 0 Å². The fourth-order valence-corrected chi connectivity index (χ4v) is 4.06. The maximum atomic E-state index is 15.3. The molecule has 5 rings (SSSR count). The summed E-state index contributed by atoms with van der Waals surface area (Å²) in [7, 11) is -0.0840. The summed E-state index contributed by atoms with van der Waals surface area (Å²) in [6.07, 6.45) is 3.25. The van der Waals surface area contributed by atoms with Gasteiger partial charge in [-0.2, -0.15) is 5.10 Å². The van der Waals surface area contributed by atoms with Crippen LogP contribution in [0.15, 0.2) is 35.5 Å².